The minimum absolute atomic E-state index is 0.117. The van der Waals surface area contributed by atoms with Crippen molar-refractivity contribution in [2.75, 3.05) is 38.1 Å². The molecule has 2 saturated heterocycles. The van der Waals surface area contributed by atoms with Crippen LogP contribution in [0.2, 0.25) is 0 Å². The molecule has 0 aliphatic carbocycles. The maximum atomic E-state index is 9.32. The summed E-state index contributed by atoms with van der Waals surface area (Å²) in [6.07, 6.45) is 2.59. The molecule has 1 aromatic rings. The highest BCUT2D eigenvalue weighted by Gasteiger charge is 2.31. The number of nitrogens with zero attached hydrogens (tertiary/aromatic N) is 5. The highest BCUT2D eigenvalue weighted by molar-refractivity contribution is 5.41. The summed E-state index contributed by atoms with van der Waals surface area (Å²) < 4.78 is 0. The Balaban J connectivity index is 1.79. The maximum absolute atomic E-state index is 9.32. The van der Waals surface area contributed by atoms with E-state index >= 15 is 0 Å². The summed E-state index contributed by atoms with van der Waals surface area (Å²) in [5.41, 5.74) is 0.885. The number of piperazine rings is 1. The topological polar surface area (TPSA) is 66.6 Å². The SMILES string of the molecule is C[N-]Cc1cc(N2CCN3CCC[C@@H]3C2)nc(CO)n1. The Morgan fingerprint density at radius 1 is 1.35 bits per heavy atom. The van der Waals surface area contributed by atoms with Crippen molar-refractivity contribution in [1.82, 2.24) is 14.9 Å². The van der Waals surface area contributed by atoms with Gasteiger partial charge in [0.05, 0.1) is 0 Å². The summed E-state index contributed by atoms with van der Waals surface area (Å²) in [5, 5.41) is 13.4. The third-order valence-corrected chi connectivity index (χ3v) is 4.18. The van der Waals surface area contributed by atoms with Crippen LogP contribution in [0.1, 0.15) is 24.4 Å². The van der Waals surface area contributed by atoms with E-state index in [2.05, 4.69) is 25.1 Å². The van der Waals surface area contributed by atoms with Crippen molar-refractivity contribution in [1.29, 1.82) is 0 Å². The molecular formula is C14H22N5O-. The summed E-state index contributed by atoms with van der Waals surface area (Å²) in [7, 11) is 1.78. The van der Waals surface area contributed by atoms with Gasteiger partial charge in [0.1, 0.15) is 12.4 Å². The highest BCUT2D eigenvalue weighted by atomic mass is 16.3. The fraction of sp³-hybridized carbons (Fsp3) is 0.714. The first-order valence-corrected chi connectivity index (χ1v) is 7.32. The number of aromatic nitrogens is 2. The first-order chi connectivity index (χ1) is 9.80. The van der Waals surface area contributed by atoms with Gasteiger partial charge in [-0.3, -0.25) is 4.90 Å². The molecule has 0 saturated carbocycles. The lowest BCUT2D eigenvalue weighted by Crippen LogP contribution is -2.50. The van der Waals surface area contributed by atoms with Crippen LogP contribution in [0.5, 0.6) is 0 Å². The van der Waals surface area contributed by atoms with E-state index in [1.54, 1.807) is 7.05 Å². The van der Waals surface area contributed by atoms with Crippen molar-refractivity contribution in [3.05, 3.63) is 22.9 Å². The van der Waals surface area contributed by atoms with E-state index in [4.69, 9.17) is 0 Å². The van der Waals surface area contributed by atoms with E-state index in [0.717, 1.165) is 31.1 Å². The van der Waals surface area contributed by atoms with Crippen molar-refractivity contribution < 1.29 is 5.11 Å². The smallest absolute Gasteiger partial charge is 0.156 e. The molecule has 1 atom stereocenters. The van der Waals surface area contributed by atoms with Gasteiger partial charge >= 0.3 is 0 Å². The summed E-state index contributed by atoms with van der Waals surface area (Å²) in [4.78, 5) is 13.7. The Kier molecular flexibility index (Phi) is 4.14. The van der Waals surface area contributed by atoms with Crippen LogP contribution in [0.3, 0.4) is 0 Å². The van der Waals surface area contributed by atoms with E-state index < -0.39 is 0 Å². The van der Waals surface area contributed by atoms with Gasteiger partial charge in [-0.15, -0.1) is 6.54 Å². The molecule has 110 valence electrons. The van der Waals surface area contributed by atoms with Crippen LogP contribution in [-0.2, 0) is 13.2 Å². The van der Waals surface area contributed by atoms with Gasteiger partial charge in [0.15, 0.2) is 5.82 Å². The molecule has 0 unspecified atom stereocenters. The predicted octanol–water partition coefficient (Wildman–Crippen LogP) is 0.757. The lowest BCUT2D eigenvalue weighted by atomic mass is 10.1. The molecule has 2 aliphatic heterocycles. The minimum atomic E-state index is -0.117. The van der Waals surface area contributed by atoms with Crippen LogP contribution in [-0.4, -0.2) is 59.2 Å². The van der Waals surface area contributed by atoms with E-state index in [9.17, 15) is 5.11 Å². The third-order valence-electron chi connectivity index (χ3n) is 4.18. The van der Waals surface area contributed by atoms with E-state index in [1.165, 1.54) is 19.4 Å². The van der Waals surface area contributed by atoms with Crippen molar-refractivity contribution >= 4 is 5.82 Å². The van der Waals surface area contributed by atoms with E-state index in [0.29, 0.717) is 18.4 Å². The number of hydrogen-bond donors (Lipinski definition) is 1. The molecule has 2 fully saturated rings. The summed E-state index contributed by atoms with van der Waals surface area (Å²) in [5.74, 6) is 1.43. The van der Waals surface area contributed by atoms with Crippen molar-refractivity contribution in [2.24, 2.45) is 0 Å². The molecule has 0 spiro atoms. The Hall–Kier alpha value is -1.24. The lowest BCUT2D eigenvalue weighted by molar-refractivity contribution is 0.230. The summed E-state index contributed by atoms with van der Waals surface area (Å²) in [6, 6.07) is 2.67. The van der Waals surface area contributed by atoms with E-state index in [-0.39, 0.29) is 6.61 Å². The zero-order chi connectivity index (χ0) is 13.9. The lowest BCUT2D eigenvalue weighted by Gasteiger charge is -2.38. The molecule has 6 nitrogen and oxygen atoms in total. The van der Waals surface area contributed by atoms with Gasteiger partial charge in [-0.25, -0.2) is 9.97 Å². The summed E-state index contributed by atoms with van der Waals surface area (Å²) in [6.45, 7) is 4.84. The first-order valence-electron chi connectivity index (χ1n) is 7.32. The molecule has 0 aromatic carbocycles. The Morgan fingerprint density at radius 3 is 3.05 bits per heavy atom. The van der Waals surface area contributed by atoms with Crippen LogP contribution < -0.4 is 4.90 Å². The molecule has 1 aromatic heterocycles. The van der Waals surface area contributed by atoms with Crippen LogP contribution in [0.25, 0.3) is 5.32 Å². The molecule has 0 radical (unpaired) electrons. The van der Waals surface area contributed by atoms with E-state index in [1.807, 2.05) is 6.07 Å². The number of anilines is 1. The number of rotatable bonds is 4. The van der Waals surface area contributed by atoms with Gasteiger partial charge in [-0.2, -0.15) is 7.05 Å². The monoisotopic (exact) mass is 276 g/mol. The van der Waals surface area contributed by atoms with Gasteiger partial charge in [0.25, 0.3) is 0 Å². The second-order valence-corrected chi connectivity index (χ2v) is 5.54. The van der Waals surface area contributed by atoms with Gasteiger partial charge in [-0.1, -0.05) is 0 Å². The zero-order valence-electron chi connectivity index (χ0n) is 12.0. The standard InChI is InChI=1S/C14H22N5O/c1-15-8-11-7-14(17-13(10-20)16-11)19-6-5-18-4-2-3-12(18)9-19/h7,12,20H,2-6,8-10H2,1H3/q-1/t12-/m1/s1. The molecule has 3 rings (SSSR count). The molecule has 6 heteroatoms. The van der Waals surface area contributed by atoms with Crippen LogP contribution >= 0.6 is 0 Å². The zero-order valence-corrected chi connectivity index (χ0v) is 12.0. The minimum Gasteiger partial charge on any atom is -0.660 e. The van der Waals surface area contributed by atoms with Crippen LogP contribution in [0, 0.1) is 0 Å². The molecule has 1 N–H and O–H groups in total. The Bertz CT molecular complexity index is 467. The quantitative estimate of drug-likeness (QED) is 0.879. The first kappa shape index (κ1) is 13.7. The van der Waals surface area contributed by atoms with Crippen molar-refractivity contribution in [3.8, 4) is 0 Å². The van der Waals surface area contributed by atoms with Crippen molar-refractivity contribution in [3.63, 3.8) is 0 Å². The van der Waals surface area contributed by atoms with Crippen molar-refractivity contribution in [2.45, 2.75) is 32.0 Å². The maximum Gasteiger partial charge on any atom is 0.156 e. The molecule has 2 aliphatic rings. The molecule has 3 heterocycles. The Morgan fingerprint density at radius 2 is 2.25 bits per heavy atom. The fourth-order valence-electron chi connectivity index (χ4n) is 3.21. The fourth-order valence-corrected chi connectivity index (χ4v) is 3.21. The van der Waals surface area contributed by atoms with Gasteiger partial charge in [0, 0.05) is 37.4 Å². The second kappa shape index (κ2) is 6.03. The number of hydrogen-bond acceptors (Lipinski definition) is 5. The Labute approximate surface area is 119 Å². The number of fused-ring (bicyclic) bond motifs is 1. The second-order valence-electron chi connectivity index (χ2n) is 5.54. The van der Waals surface area contributed by atoms with Gasteiger partial charge in [0.2, 0.25) is 0 Å². The van der Waals surface area contributed by atoms with Gasteiger partial charge < -0.3 is 15.3 Å². The molecule has 0 bridgehead atoms. The molecular weight excluding hydrogens is 254 g/mol. The van der Waals surface area contributed by atoms with Crippen LogP contribution in [0.4, 0.5) is 5.82 Å². The number of aliphatic hydroxyl groups excluding tert-OH is 1. The van der Waals surface area contributed by atoms with Gasteiger partial charge in [-0.05, 0) is 19.4 Å². The molecule has 0 amide bonds. The average molecular weight is 276 g/mol. The highest BCUT2D eigenvalue weighted by Crippen LogP contribution is 2.25. The van der Waals surface area contributed by atoms with Crippen LogP contribution in [0.15, 0.2) is 6.07 Å². The average Bonchev–Trinajstić information content (AvgIpc) is 2.94. The third kappa shape index (κ3) is 2.77. The largest absolute Gasteiger partial charge is 0.660 e. The predicted molar refractivity (Wildman–Crippen MR) is 77.7 cm³/mol. The normalized spacial score (nSPS) is 23.1. The number of aliphatic hydroxyl groups is 1. The molecule has 20 heavy (non-hydrogen) atoms. The summed E-state index contributed by atoms with van der Waals surface area (Å²) >= 11 is 0.